The molecule has 2 aromatic rings. The van der Waals surface area contributed by atoms with E-state index in [0.717, 1.165) is 18.6 Å². The van der Waals surface area contributed by atoms with E-state index in [1.54, 1.807) is 6.92 Å². The number of alkyl halides is 3. The van der Waals surface area contributed by atoms with E-state index in [4.69, 9.17) is 0 Å². The quantitative estimate of drug-likeness (QED) is 0.799. The summed E-state index contributed by atoms with van der Waals surface area (Å²) in [6.45, 7) is 6.32. The van der Waals surface area contributed by atoms with Crippen molar-refractivity contribution in [1.29, 1.82) is 0 Å². The number of aromatic nitrogens is 2. The lowest BCUT2D eigenvalue weighted by Gasteiger charge is -2.11. The van der Waals surface area contributed by atoms with E-state index in [2.05, 4.69) is 34.4 Å². The van der Waals surface area contributed by atoms with Gasteiger partial charge in [-0.25, -0.2) is 9.97 Å². The van der Waals surface area contributed by atoms with Crippen LogP contribution < -0.4 is 10.6 Å². The number of aryl methyl sites for hydroxylation is 1. The predicted octanol–water partition coefficient (Wildman–Crippen LogP) is 4.32. The average molecular weight is 366 g/mol. The van der Waals surface area contributed by atoms with Gasteiger partial charge in [-0.15, -0.1) is 0 Å². The molecule has 0 atom stereocenters. The van der Waals surface area contributed by atoms with E-state index in [1.165, 1.54) is 18.2 Å². The van der Waals surface area contributed by atoms with Gasteiger partial charge in [0.1, 0.15) is 5.69 Å². The lowest BCUT2D eigenvalue weighted by atomic mass is 10.1. The molecule has 0 aliphatic carbocycles. The minimum atomic E-state index is -4.44. The highest BCUT2D eigenvalue weighted by atomic mass is 19.4. The van der Waals surface area contributed by atoms with Gasteiger partial charge in [0.25, 0.3) is 5.91 Å². The number of anilines is 2. The molecule has 1 aromatic heterocycles. The first-order valence-corrected chi connectivity index (χ1v) is 8.23. The van der Waals surface area contributed by atoms with E-state index in [9.17, 15) is 18.0 Å². The Morgan fingerprint density at radius 3 is 2.58 bits per heavy atom. The number of halogens is 3. The van der Waals surface area contributed by atoms with Crippen molar-refractivity contribution >= 4 is 17.5 Å². The number of nitrogens with zero attached hydrogens (tertiary/aromatic N) is 2. The summed E-state index contributed by atoms with van der Waals surface area (Å²) in [5.74, 6) is 0.183. The number of hydrogen-bond donors (Lipinski definition) is 2. The van der Waals surface area contributed by atoms with E-state index in [1.807, 2.05) is 0 Å². The largest absolute Gasteiger partial charge is 0.416 e. The molecule has 2 N–H and O–H groups in total. The van der Waals surface area contributed by atoms with Gasteiger partial charge in [-0.2, -0.15) is 13.2 Å². The van der Waals surface area contributed by atoms with Crippen LogP contribution in [0.25, 0.3) is 0 Å². The maximum Gasteiger partial charge on any atom is 0.416 e. The Hall–Kier alpha value is -2.64. The first-order chi connectivity index (χ1) is 12.1. The second-order valence-corrected chi connectivity index (χ2v) is 6.36. The summed E-state index contributed by atoms with van der Waals surface area (Å²) < 4.78 is 38.4. The van der Waals surface area contributed by atoms with Crippen LogP contribution in [0, 0.1) is 12.8 Å². The standard InChI is InChI=1S/C18H21F3N4O/c1-11(2)7-8-22-16(26)15-9-12(3)23-17(25-15)24-14-6-4-5-13(10-14)18(19,20)21/h4-6,9-11H,7-8H2,1-3H3,(H,22,26)(H,23,24,25). The summed E-state index contributed by atoms with van der Waals surface area (Å²) in [5.41, 5.74) is 0.109. The highest BCUT2D eigenvalue weighted by Crippen LogP contribution is 2.31. The van der Waals surface area contributed by atoms with Crippen LogP contribution in [0.1, 0.15) is 42.0 Å². The zero-order valence-corrected chi connectivity index (χ0v) is 14.8. The summed E-state index contributed by atoms with van der Waals surface area (Å²) in [5, 5.41) is 5.50. The van der Waals surface area contributed by atoms with Gasteiger partial charge >= 0.3 is 6.18 Å². The third-order valence-electron chi connectivity index (χ3n) is 3.54. The van der Waals surface area contributed by atoms with Crippen LogP contribution in [0.3, 0.4) is 0 Å². The van der Waals surface area contributed by atoms with Crippen LogP contribution in [-0.4, -0.2) is 22.4 Å². The summed E-state index contributed by atoms with van der Waals surface area (Å²) in [4.78, 5) is 20.4. The molecule has 2 rings (SSSR count). The van der Waals surface area contributed by atoms with Gasteiger partial charge in [0.05, 0.1) is 5.56 Å². The molecule has 0 spiro atoms. The molecular weight excluding hydrogens is 345 g/mol. The van der Waals surface area contributed by atoms with Crippen LogP contribution in [0.4, 0.5) is 24.8 Å². The smallest absolute Gasteiger partial charge is 0.351 e. The lowest BCUT2D eigenvalue weighted by molar-refractivity contribution is -0.137. The third kappa shape index (κ3) is 5.72. The van der Waals surface area contributed by atoms with Crippen molar-refractivity contribution in [2.45, 2.75) is 33.4 Å². The summed E-state index contributed by atoms with van der Waals surface area (Å²) in [6.07, 6.45) is -3.60. The van der Waals surface area contributed by atoms with Crippen molar-refractivity contribution in [2.75, 3.05) is 11.9 Å². The minimum absolute atomic E-state index is 0.0679. The Kier molecular flexibility index (Phi) is 6.18. The van der Waals surface area contributed by atoms with Crippen LogP contribution in [-0.2, 0) is 6.18 Å². The van der Waals surface area contributed by atoms with Crippen molar-refractivity contribution < 1.29 is 18.0 Å². The number of nitrogens with one attached hydrogen (secondary N) is 2. The molecule has 8 heteroatoms. The van der Waals surface area contributed by atoms with Gasteiger partial charge in [-0.1, -0.05) is 19.9 Å². The Morgan fingerprint density at radius 1 is 1.19 bits per heavy atom. The van der Waals surface area contributed by atoms with Gasteiger partial charge in [0.15, 0.2) is 0 Å². The van der Waals surface area contributed by atoms with Gasteiger partial charge in [-0.3, -0.25) is 4.79 Å². The number of carbonyl (C=O) groups is 1. The number of carbonyl (C=O) groups excluding carboxylic acids is 1. The van der Waals surface area contributed by atoms with Crippen LogP contribution in [0.2, 0.25) is 0 Å². The molecule has 0 bridgehead atoms. The Bertz CT molecular complexity index is 775. The maximum atomic E-state index is 12.8. The Balaban J connectivity index is 2.16. The topological polar surface area (TPSA) is 66.9 Å². The molecule has 0 saturated heterocycles. The Morgan fingerprint density at radius 2 is 1.92 bits per heavy atom. The van der Waals surface area contributed by atoms with Crippen LogP contribution in [0.5, 0.6) is 0 Å². The molecule has 1 amide bonds. The zero-order valence-electron chi connectivity index (χ0n) is 14.8. The summed E-state index contributed by atoms with van der Waals surface area (Å²) in [7, 11) is 0. The monoisotopic (exact) mass is 366 g/mol. The fourth-order valence-electron chi connectivity index (χ4n) is 2.21. The van der Waals surface area contributed by atoms with Crippen LogP contribution >= 0.6 is 0 Å². The van der Waals surface area contributed by atoms with Gasteiger partial charge in [0, 0.05) is 17.9 Å². The highest BCUT2D eigenvalue weighted by Gasteiger charge is 2.30. The minimum Gasteiger partial charge on any atom is -0.351 e. The zero-order chi connectivity index (χ0) is 19.3. The number of rotatable bonds is 6. The fourth-order valence-corrected chi connectivity index (χ4v) is 2.21. The van der Waals surface area contributed by atoms with Crippen molar-refractivity contribution in [3.05, 3.63) is 47.3 Å². The highest BCUT2D eigenvalue weighted by molar-refractivity contribution is 5.92. The van der Waals surface area contributed by atoms with Gasteiger partial charge in [0.2, 0.25) is 5.95 Å². The second-order valence-electron chi connectivity index (χ2n) is 6.36. The first kappa shape index (κ1) is 19.7. The molecule has 0 aliphatic rings. The molecule has 140 valence electrons. The average Bonchev–Trinajstić information content (AvgIpc) is 2.53. The molecule has 0 fully saturated rings. The molecular formula is C18H21F3N4O. The molecule has 0 saturated carbocycles. The molecule has 0 aliphatic heterocycles. The maximum absolute atomic E-state index is 12.8. The van der Waals surface area contributed by atoms with Crippen molar-refractivity contribution in [3.63, 3.8) is 0 Å². The van der Waals surface area contributed by atoms with Crippen molar-refractivity contribution in [2.24, 2.45) is 5.92 Å². The first-order valence-electron chi connectivity index (χ1n) is 8.23. The van der Waals surface area contributed by atoms with E-state index < -0.39 is 11.7 Å². The van der Waals surface area contributed by atoms with E-state index in [0.29, 0.717) is 18.2 Å². The SMILES string of the molecule is Cc1cc(C(=O)NCCC(C)C)nc(Nc2cccc(C(F)(F)F)c2)n1. The van der Waals surface area contributed by atoms with Crippen molar-refractivity contribution in [1.82, 2.24) is 15.3 Å². The summed E-state index contributed by atoms with van der Waals surface area (Å²) in [6, 6.07) is 6.25. The third-order valence-corrected chi connectivity index (χ3v) is 3.54. The van der Waals surface area contributed by atoms with Crippen LogP contribution in [0.15, 0.2) is 30.3 Å². The number of amides is 1. The van der Waals surface area contributed by atoms with Gasteiger partial charge in [-0.05, 0) is 43.5 Å². The normalized spacial score (nSPS) is 11.5. The molecule has 5 nitrogen and oxygen atoms in total. The van der Waals surface area contributed by atoms with E-state index >= 15 is 0 Å². The molecule has 0 unspecified atom stereocenters. The molecule has 1 heterocycles. The molecule has 1 aromatic carbocycles. The van der Waals surface area contributed by atoms with Gasteiger partial charge < -0.3 is 10.6 Å². The molecule has 26 heavy (non-hydrogen) atoms. The fraction of sp³-hybridized carbons (Fsp3) is 0.389. The van der Waals surface area contributed by atoms with E-state index in [-0.39, 0.29) is 23.2 Å². The summed E-state index contributed by atoms with van der Waals surface area (Å²) >= 11 is 0. The Labute approximate surface area is 150 Å². The van der Waals surface area contributed by atoms with Crippen molar-refractivity contribution in [3.8, 4) is 0 Å². The number of hydrogen-bond acceptors (Lipinski definition) is 4. The molecule has 0 radical (unpaired) electrons. The second kappa shape index (κ2) is 8.16. The lowest BCUT2D eigenvalue weighted by Crippen LogP contribution is -2.26. The number of benzene rings is 1. The predicted molar refractivity (Wildman–Crippen MR) is 93.3 cm³/mol.